The molecular formula is C12H15NO4S. The van der Waals surface area contributed by atoms with Crippen molar-refractivity contribution in [3.05, 3.63) is 29.8 Å². The fourth-order valence-corrected chi connectivity index (χ4v) is 1.87. The summed E-state index contributed by atoms with van der Waals surface area (Å²) in [7, 11) is 0. The van der Waals surface area contributed by atoms with Crippen LogP contribution in [0.4, 0.5) is 0 Å². The first-order valence-corrected chi connectivity index (χ1v) is 6.76. The van der Waals surface area contributed by atoms with Gasteiger partial charge in [-0.05, 0) is 30.6 Å². The molecule has 0 saturated carbocycles. The third-order valence-electron chi connectivity index (χ3n) is 2.36. The van der Waals surface area contributed by atoms with Gasteiger partial charge in [0.15, 0.2) is 0 Å². The number of carbonyl (C=O) groups excluding carboxylic acids is 1. The molecule has 0 bridgehead atoms. The summed E-state index contributed by atoms with van der Waals surface area (Å²) < 4.78 is 0. The van der Waals surface area contributed by atoms with Crippen LogP contribution in [0.1, 0.15) is 16.8 Å². The molecule has 0 aliphatic rings. The Hall–Kier alpha value is -1.69. The maximum Gasteiger partial charge on any atom is 0.326 e. The first-order chi connectivity index (χ1) is 8.56. The summed E-state index contributed by atoms with van der Waals surface area (Å²) in [5.41, 5.74) is 0.0768. The molecule has 0 aliphatic carbocycles. The Morgan fingerprint density at radius 1 is 1.39 bits per heavy atom. The maximum atomic E-state index is 11.8. The van der Waals surface area contributed by atoms with Crippen LogP contribution in [0.2, 0.25) is 0 Å². The number of phenolic OH excluding ortho intramolecular Hbond substituents is 1. The Labute approximate surface area is 109 Å². The molecule has 0 fully saturated rings. The van der Waals surface area contributed by atoms with E-state index in [-0.39, 0.29) is 11.3 Å². The van der Waals surface area contributed by atoms with Gasteiger partial charge in [0.2, 0.25) is 0 Å². The number of hydrogen-bond donors (Lipinski definition) is 3. The van der Waals surface area contributed by atoms with Gasteiger partial charge >= 0.3 is 5.97 Å². The van der Waals surface area contributed by atoms with Crippen LogP contribution >= 0.6 is 11.8 Å². The van der Waals surface area contributed by atoms with Crippen molar-refractivity contribution in [1.29, 1.82) is 0 Å². The SMILES string of the molecule is CSCC[C@@H](NC(=O)c1ccccc1O)C(=O)O. The lowest BCUT2D eigenvalue weighted by molar-refractivity contribution is -0.139. The number of rotatable bonds is 6. The van der Waals surface area contributed by atoms with Gasteiger partial charge in [-0.3, -0.25) is 4.79 Å². The van der Waals surface area contributed by atoms with E-state index in [0.717, 1.165) is 0 Å². The van der Waals surface area contributed by atoms with Crippen LogP contribution in [-0.4, -0.2) is 40.1 Å². The molecule has 1 amide bonds. The van der Waals surface area contributed by atoms with Crippen molar-refractivity contribution in [2.24, 2.45) is 0 Å². The van der Waals surface area contributed by atoms with Crippen LogP contribution in [-0.2, 0) is 4.79 Å². The van der Waals surface area contributed by atoms with E-state index in [1.807, 2.05) is 6.26 Å². The van der Waals surface area contributed by atoms with Crippen molar-refractivity contribution in [3.8, 4) is 5.75 Å². The highest BCUT2D eigenvalue weighted by Gasteiger charge is 2.21. The van der Waals surface area contributed by atoms with Crippen LogP contribution in [0.25, 0.3) is 0 Å². The molecule has 5 nitrogen and oxygen atoms in total. The topological polar surface area (TPSA) is 86.6 Å². The molecule has 0 aliphatic heterocycles. The van der Waals surface area contributed by atoms with Crippen molar-refractivity contribution >= 4 is 23.6 Å². The van der Waals surface area contributed by atoms with Gasteiger partial charge in [-0.2, -0.15) is 11.8 Å². The number of phenols is 1. The highest BCUT2D eigenvalue weighted by atomic mass is 32.2. The van der Waals surface area contributed by atoms with Crippen LogP contribution in [0.3, 0.4) is 0 Å². The highest BCUT2D eigenvalue weighted by molar-refractivity contribution is 7.98. The second-order valence-corrected chi connectivity index (χ2v) is 4.65. The van der Waals surface area contributed by atoms with Crippen LogP contribution in [0, 0.1) is 0 Å². The molecule has 1 aromatic rings. The Morgan fingerprint density at radius 2 is 2.06 bits per heavy atom. The quantitative estimate of drug-likeness (QED) is 0.725. The van der Waals surface area contributed by atoms with Gasteiger partial charge in [0.1, 0.15) is 11.8 Å². The molecule has 0 saturated heterocycles. The Balaban J connectivity index is 2.72. The van der Waals surface area contributed by atoms with E-state index in [1.54, 1.807) is 12.1 Å². The minimum atomic E-state index is -1.08. The lowest BCUT2D eigenvalue weighted by Gasteiger charge is -2.14. The number of benzene rings is 1. The zero-order valence-corrected chi connectivity index (χ0v) is 10.7. The van der Waals surface area contributed by atoms with Crippen molar-refractivity contribution in [1.82, 2.24) is 5.32 Å². The summed E-state index contributed by atoms with van der Waals surface area (Å²) in [6, 6.07) is 5.08. The molecule has 1 aromatic carbocycles. The molecule has 0 radical (unpaired) electrons. The molecule has 6 heteroatoms. The zero-order valence-electron chi connectivity index (χ0n) is 9.92. The van der Waals surface area contributed by atoms with Crippen molar-refractivity contribution in [3.63, 3.8) is 0 Å². The van der Waals surface area contributed by atoms with Crippen LogP contribution in [0.5, 0.6) is 5.75 Å². The minimum Gasteiger partial charge on any atom is -0.507 e. The third kappa shape index (κ3) is 3.96. The number of thioether (sulfide) groups is 1. The summed E-state index contributed by atoms with van der Waals surface area (Å²) in [5.74, 6) is -1.18. The van der Waals surface area contributed by atoms with Gasteiger partial charge in [-0.15, -0.1) is 0 Å². The number of aliphatic carboxylic acids is 1. The van der Waals surface area contributed by atoms with Crippen LogP contribution in [0.15, 0.2) is 24.3 Å². The molecule has 0 unspecified atom stereocenters. The van der Waals surface area contributed by atoms with Crippen molar-refractivity contribution in [2.75, 3.05) is 12.0 Å². The Bertz CT molecular complexity index is 436. The molecule has 1 atom stereocenters. The molecule has 3 N–H and O–H groups in total. The lowest BCUT2D eigenvalue weighted by Crippen LogP contribution is -2.41. The summed E-state index contributed by atoms with van der Waals surface area (Å²) >= 11 is 1.51. The van der Waals surface area contributed by atoms with Crippen molar-refractivity contribution < 1.29 is 19.8 Å². The Morgan fingerprint density at radius 3 is 2.61 bits per heavy atom. The third-order valence-corrected chi connectivity index (χ3v) is 3.01. The number of aromatic hydroxyl groups is 1. The first-order valence-electron chi connectivity index (χ1n) is 5.37. The average molecular weight is 269 g/mol. The molecule has 1 rings (SSSR count). The molecule has 0 heterocycles. The lowest BCUT2D eigenvalue weighted by atomic mass is 10.1. The summed E-state index contributed by atoms with van der Waals surface area (Å²) in [5, 5.41) is 20.9. The van der Waals surface area contributed by atoms with E-state index in [2.05, 4.69) is 5.32 Å². The minimum absolute atomic E-state index is 0.0768. The van der Waals surface area contributed by atoms with E-state index >= 15 is 0 Å². The second kappa shape index (κ2) is 6.90. The number of amides is 1. The zero-order chi connectivity index (χ0) is 13.5. The summed E-state index contributed by atoms with van der Waals surface area (Å²) in [4.78, 5) is 22.8. The highest BCUT2D eigenvalue weighted by Crippen LogP contribution is 2.15. The van der Waals surface area contributed by atoms with Gasteiger partial charge in [0.25, 0.3) is 5.91 Å². The number of carbonyl (C=O) groups is 2. The van der Waals surface area contributed by atoms with E-state index in [1.165, 1.54) is 23.9 Å². The standard InChI is InChI=1S/C12H15NO4S/c1-18-7-6-9(12(16)17)13-11(15)8-4-2-3-5-10(8)14/h2-5,9,14H,6-7H2,1H3,(H,13,15)(H,16,17)/t9-/m1/s1. The predicted octanol–water partition coefficient (Wildman–Crippen LogP) is 1.33. The molecule has 0 aromatic heterocycles. The molecule has 98 valence electrons. The summed E-state index contributed by atoms with van der Waals surface area (Å²) in [6.07, 6.45) is 2.21. The average Bonchev–Trinajstić information content (AvgIpc) is 2.34. The Kier molecular flexibility index (Phi) is 5.51. The largest absolute Gasteiger partial charge is 0.507 e. The second-order valence-electron chi connectivity index (χ2n) is 3.66. The number of hydrogen-bond acceptors (Lipinski definition) is 4. The van der Waals surface area contributed by atoms with E-state index < -0.39 is 17.9 Å². The van der Waals surface area contributed by atoms with Crippen molar-refractivity contribution in [2.45, 2.75) is 12.5 Å². The van der Waals surface area contributed by atoms with Gasteiger partial charge in [-0.25, -0.2) is 4.79 Å². The predicted molar refractivity (Wildman–Crippen MR) is 70.0 cm³/mol. The van der Waals surface area contributed by atoms with E-state index in [4.69, 9.17) is 5.11 Å². The number of carboxylic acid groups (broad SMARTS) is 1. The number of carboxylic acids is 1. The summed E-state index contributed by atoms with van der Waals surface area (Å²) in [6.45, 7) is 0. The first kappa shape index (κ1) is 14.4. The smallest absolute Gasteiger partial charge is 0.326 e. The molecular weight excluding hydrogens is 254 g/mol. The fourth-order valence-electron chi connectivity index (χ4n) is 1.39. The van der Waals surface area contributed by atoms with E-state index in [9.17, 15) is 14.7 Å². The van der Waals surface area contributed by atoms with Gasteiger partial charge in [0, 0.05) is 0 Å². The van der Waals surface area contributed by atoms with Gasteiger partial charge < -0.3 is 15.5 Å². The normalized spacial score (nSPS) is 11.8. The monoisotopic (exact) mass is 269 g/mol. The van der Waals surface area contributed by atoms with Crippen LogP contribution < -0.4 is 5.32 Å². The maximum absolute atomic E-state index is 11.8. The van der Waals surface area contributed by atoms with E-state index in [0.29, 0.717) is 12.2 Å². The number of nitrogens with one attached hydrogen (secondary N) is 1. The van der Waals surface area contributed by atoms with Gasteiger partial charge in [0.05, 0.1) is 5.56 Å². The molecule has 0 spiro atoms. The molecule has 18 heavy (non-hydrogen) atoms. The van der Waals surface area contributed by atoms with Gasteiger partial charge in [-0.1, -0.05) is 12.1 Å². The number of para-hydroxylation sites is 1. The fraction of sp³-hybridized carbons (Fsp3) is 0.333.